The lowest BCUT2D eigenvalue weighted by Crippen LogP contribution is -2.42. The van der Waals surface area contributed by atoms with Crippen molar-refractivity contribution in [2.24, 2.45) is 0 Å². The van der Waals surface area contributed by atoms with Crippen LogP contribution >= 0.6 is 0 Å². The summed E-state index contributed by atoms with van der Waals surface area (Å²) < 4.78 is 7.15. The molecule has 1 amide bonds. The Balaban J connectivity index is 1.58. The maximum Gasteiger partial charge on any atom is 0.286 e. The first-order valence-electron chi connectivity index (χ1n) is 7.11. The zero-order valence-electron chi connectivity index (χ0n) is 11.5. The van der Waals surface area contributed by atoms with Crippen LogP contribution in [0.15, 0.2) is 41.3 Å². The van der Waals surface area contributed by atoms with E-state index >= 15 is 0 Å². The van der Waals surface area contributed by atoms with E-state index in [1.807, 2.05) is 22.9 Å². The fourth-order valence-corrected chi connectivity index (χ4v) is 2.64. The van der Waals surface area contributed by atoms with Crippen LogP contribution in [0.2, 0.25) is 0 Å². The lowest BCUT2D eigenvalue weighted by atomic mass is 9.93. The highest BCUT2D eigenvalue weighted by Crippen LogP contribution is 2.18. The summed E-state index contributed by atoms with van der Waals surface area (Å²) in [6.45, 7) is 0.797. The predicted molar refractivity (Wildman–Crippen MR) is 73.8 cm³/mol. The fourth-order valence-electron chi connectivity index (χ4n) is 2.64. The number of pyridine rings is 1. The molecule has 0 fully saturated rings. The van der Waals surface area contributed by atoms with Crippen LogP contribution in [0.4, 0.5) is 0 Å². The van der Waals surface area contributed by atoms with Crippen molar-refractivity contribution in [2.75, 3.05) is 0 Å². The van der Waals surface area contributed by atoms with Crippen LogP contribution in [0.3, 0.4) is 0 Å². The molecular formula is C16H19N2O2+. The van der Waals surface area contributed by atoms with Crippen molar-refractivity contribution in [3.63, 3.8) is 0 Å². The third-order valence-corrected chi connectivity index (χ3v) is 3.71. The second-order valence-electron chi connectivity index (χ2n) is 5.23. The fraction of sp³-hybridized carbons (Fsp3) is 0.375. The number of amides is 1. The smallest absolute Gasteiger partial charge is 0.286 e. The topological polar surface area (TPSA) is 46.1 Å². The monoisotopic (exact) mass is 271 g/mol. The van der Waals surface area contributed by atoms with Crippen LogP contribution in [0, 0.1) is 0 Å². The summed E-state index contributed by atoms with van der Waals surface area (Å²) in [6.07, 6.45) is 10.5. The number of carbonyl (C=O) groups is 1. The number of aromatic nitrogens is 1. The van der Waals surface area contributed by atoms with Crippen molar-refractivity contribution in [1.82, 2.24) is 5.32 Å². The SMILES string of the molecule is O=C(C[n+]1ccc2c(c1)CCCC2)NCc1ccco1. The Morgan fingerprint density at radius 1 is 1.25 bits per heavy atom. The molecule has 0 saturated heterocycles. The van der Waals surface area contributed by atoms with Crippen LogP contribution in [0.5, 0.6) is 0 Å². The van der Waals surface area contributed by atoms with Gasteiger partial charge in [-0.05, 0) is 43.4 Å². The molecule has 2 aromatic heterocycles. The molecular weight excluding hydrogens is 252 g/mol. The van der Waals surface area contributed by atoms with Crippen LogP contribution in [-0.4, -0.2) is 5.91 Å². The Hall–Kier alpha value is -2.10. The molecule has 0 unspecified atom stereocenters. The van der Waals surface area contributed by atoms with E-state index in [2.05, 4.69) is 17.6 Å². The lowest BCUT2D eigenvalue weighted by molar-refractivity contribution is -0.685. The van der Waals surface area contributed by atoms with Gasteiger partial charge in [0.2, 0.25) is 6.54 Å². The molecule has 0 aromatic carbocycles. The van der Waals surface area contributed by atoms with Gasteiger partial charge in [-0.1, -0.05) is 0 Å². The number of furan rings is 1. The molecule has 1 N–H and O–H groups in total. The zero-order valence-corrected chi connectivity index (χ0v) is 11.5. The first-order valence-corrected chi connectivity index (χ1v) is 7.11. The van der Waals surface area contributed by atoms with Gasteiger partial charge in [0.1, 0.15) is 5.76 Å². The molecule has 2 aromatic rings. The summed E-state index contributed by atoms with van der Waals surface area (Å²) in [4.78, 5) is 11.9. The quantitative estimate of drug-likeness (QED) is 0.861. The molecule has 0 radical (unpaired) electrons. The molecule has 1 aliphatic rings. The number of hydrogen-bond donors (Lipinski definition) is 1. The van der Waals surface area contributed by atoms with Gasteiger partial charge in [-0.25, -0.2) is 0 Å². The first-order chi connectivity index (χ1) is 9.81. The third kappa shape index (κ3) is 3.07. The van der Waals surface area contributed by atoms with Crippen molar-refractivity contribution in [1.29, 1.82) is 0 Å². The predicted octanol–water partition coefficient (Wildman–Crippen LogP) is 1.76. The largest absolute Gasteiger partial charge is 0.467 e. The Morgan fingerprint density at radius 3 is 2.90 bits per heavy atom. The van der Waals surface area contributed by atoms with Gasteiger partial charge in [0.05, 0.1) is 12.8 Å². The van der Waals surface area contributed by atoms with Crippen molar-refractivity contribution in [3.8, 4) is 0 Å². The number of rotatable bonds is 4. The molecule has 3 rings (SSSR count). The van der Waals surface area contributed by atoms with Crippen LogP contribution in [-0.2, 0) is 30.7 Å². The number of carbonyl (C=O) groups excluding carboxylic acids is 1. The highest BCUT2D eigenvalue weighted by atomic mass is 16.3. The minimum absolute atomic E-state index is 0.00200. The Bertz CT molecular complexity index is 591. The Morgan fingerprint density at radius 2 is 2.10 bits per heavy atom. The molecule has 2 heterocycles. The summed E-state index contributed by atoms with van der Waals surface area (Å²) in [5, 5.41) is 2.86. The van der Waals surface area contributed by atoms with Gasteiger partial charge in [-0.15, -0.1) is 0 Å². The lowest BCUT2D eigenvalue weighted by Gasteiger charge is -2.13. The van der Waals surface area contributed by atoms with E-state index in [0.717, 1.165) is 12.2 Å². The molecule has 0 spiro atoms. The number of fused-ring (bicyclic) bond motifs is 1. The van der Waals surface area contributed by atoms with E-state index in [-0.39, 0.29) is 5.91 Å². The zero-order chi connectivity index (χ0) is 13.8. The maximum absolute atomic E-state index is 11.9. The van der Waals surface area contributed by atoms with Crippen LogP contribution in [0.1, 0.15) is 29.7 Å². The Labute approximate surface area is 118 Å². The minimum atomic E-state index is 0.00200. The van der Waals surface area contributed by atoms with Gasteiger partial charge in [-0.3, -0.25) is 4.79 Å². The summed E-state index contributed by atoms with van der Waals surface area (Å²) in [7, 11) is 0. The summed E-state index contributed by atoms with van der Waals surface area (Å²) >= 11 is 0. The molecule has 20 heavy (non-hydrogen) atoms. The first kappa shape index (κ1) is 12.9. The van der Waals surface area contributed by atoms with E-state index in [0.29, 0.717) is 13.1 Å². The van der Waals surface area contributed by atoms with E-state index in [9.17, 15) is 4.79 Å². The second kappa shape index (κ2) is 5.90. The summed E-state index contributed by atoms with van der Waals surface area (Å²) in [5.41, 5.74) is 2.82. The maximum atomic E-state index is 11.9. The van der Waals surface area contributed by atoms with Gasteiger partial charge in [-0.2, -0.15) is 4.57 Å². The molecule has 104 valence electrons. The average molecular weight is 271 g/mol. The summed E-state index contributed by atoms with van der Waals surface area (Å²) in [6, 6.07) is 5.82. The van der Waals surface area contributed by atoms with Crippen molar-refractivity contribution in [2.45, 2.75) is 38.8 Å². The van der Waals surface area contributed by atoms with E-state index < -0.39 is 0 Å². The summed E-state index contributed by atoms with van der Waals surface area (Å²) in [5.74, 6) is 0.774. The highest BCUT2D eigenvalue weighted by Gasteiger charge is 2.15. The van der Waals surface area contributed by atoms with Crippen LogP contribution < -0.4 is 9.88 Å². The van der Waals surface area contributed by atoms with E-state index in [4.69, 9.17) is 4.42 Å². The van der Waals surface area contributed by atoms with Gasteiger partial charge in [0.25, 0.3) is 5.91 Å². The molecule has 1 aliphatic carbocycles. The third-order valence-electron chi connectivity index (χ3n) is 3.71. The standard InChI is InChI=1S/C16H18N2O2/c19-16(17-10-15-6-3-9-20-15)12-18-8-7-13-4-1-2-5-14(13)11-18/h3,6-9,11H,1-2,4-5,10,12H2/p+1. The number of nitrogens with zero attached hydrogens (tertiary/aromatic N) is 1. The van der Waals surface area contributed by atoms with Crippen LogP contribution in [0.25, 0.3) is 0 Å². The second-order valence-corrected chi connectivity index (χ2v) is 5.23. The van der Waals surface area contributed by atoms with Crippen molar-refractivity contribution < 1.29 is 13.8 Å². The molecule has 0 atom stereocenters. The van der Waals surface area contributed by atoms with E-state index in [1.165, 1.54) is 30.4 Å². The molecule has 4 nitrogen and oxygen atoms in total. The molecule has 4 heteroatoms. The van der Waals surface area contributed by atoms with Gasteiger partial charge >= 0.3 is 0 Å². The van der Waals surface area contributed by atoms with Gasteiger partial charge in [0, 0.05) is 11.6 Å². The number of aryl methyl sites for hydroxylation is 2. The molecule has 0 saturated carbocycles. The average Bonchev–Trinajstić information content (AvgIpc) is 2.98. The Kier molecular flexibility index (Phi) is 3.81. The molecule has 0 bridgehead atoms. The highest BCUT2D eigenvalue weighted by molar-refractivity contribution is 5.74. The van der Waals surface area contributed by atoms with Gasteiger partial charge in [0.15, 0.2) is 12.4 Å². The van der Waals surface area contributed by atoms with Crippen molar-refractivity contribution >= 4 is 5.91 Å². The van der Waals surface area contributed by atoms with Crippen molar-refractivity contribution in [3.05, 3.63) is 53.7 Å². The van der Waals surface area contributed by atoms with E-state index in [1.54, 1.807) is 6.26 Å². The molecule has 0 aliphatic heterocycles. The number of hydrogen-bond acceptors (Lipinski definition) is 2. The van der Waals surface area contributed by atoms with Gasteiger partial charge < -0.3 is 9.73 Å². The normalized spacial score (nSPS) is 13.8. The minimum Gasteiger partial charge on any atom is -0.467 e. The number of nitrogens with one attached hydrogen (secondary N) is 1.